The molecule has 0 spiro atoms. The second-order valence-electron chi connectivity index (χ2n) is 7.17. The van der Waals surface area contributed by atoms with Gasteiger partial charge in [0.2, 0.25) is 10.0 Å². The molecule has 3 rings (SSSR count). The van der Waals surface area contributed by atoms with Crippen molar-refractivity contribution in [2.24, 2.45) is 5.92 Å². The van der Waals surface area contributed by atoms with Crippen molar-refractivity contribution in [3.63, 3.8) is 0 Å². The fraction of sp³-hybridized carbons (Fsp3) is 0.381. The Hall–Kier alpha value is -2.58. The predicted octanol–water partition coefficient (Wildman–Crippen LogP) is 3.38. The first-order valence-corrected chi connectivity index (χ1v) is 10.9. The van der Waals surface area contributed by atoms with Crippen LogP contribution in [0.2, 0.25) is 0 Å². The summed E-state index contributed by atoms with van der Waals surface area (Å²) in [6, 6.07) is 11.1. The number of anilines is 1. The van der Waals surface area contributed by atoms with Crippen LogP contribution in [-0.2, 0) is 10.0 Å². The number of nitrogens with zero attached hydrogens (tertiary/aromatic N) is 1. The van der Waals surface area contributed by atoms with Crippen LogP contribution in [0, 0.1) is 5.92 Å². The van der Waals surface area contributed by atoms with Crippen LogP contribution in [0.25, 0.3) is 0 Å². The Morgan fingerprint density at radius 2 is 1.55 bits per heavy atom. The van der Waals surface area contributed by atoms with Crippen molar-refractivity contribution in [1.29, 1.82) is 0 Å². The van der Waals surface area contributed by atoms with Gasteiger partial charge in [0.05, 0.1) is 19.1 Å². The number of nitrogens with one attached hydrogen (secondary N) is 1. The Balaban J connectivity index is 1.74. The van der Waals surface area contributed by atoms with Crippen LogP contribution in [0.5, 0.6) is 11.5 Å². The van der Waals surface area contributed by atoms with E-state index in [2.05, 4.69) is 12.2 Å². The average molecular weight is 419 g/mol. The van der Waals surface area contributed by atoms with Crippen LogP contribution in [-0.4, -0.2) is 45.9 Å². The summed E-state index contributed by atoms with van der Waals surface area (Å²) in [5.41, 5.74) is 0.878. The van der Waals surface area contributed by atoms with Crippen LogP contribution in [0.1, 0.15) is 30.1 Å². The molecule has 0 aromatic heterocycles. The molecule has 1 aliphatic heterocycles. The van der Waals surface area contributed by atoms with E-state index in [1.807, 2.05) is 0 Å². The van der Waals surface area contributed by atoms with E-state index in [0.717, 1.165) is 12.8 Å². The van der Waals surface area contributed by atoms with Crippen LogP contribution in [0.3, 0.4) is 0 Å². The highest BCUT2D eigenvalue weighted by molar-refractivity contribution is 7.89. The van der Waals surface area contributed by atoms with Gasteiger partial charge in [-0.05, 0) is 43.0 Å². The van der Waals surface area contributed by atoms with Gasteiger partial charge in [-0.1, -0.05) is 6.92 Å². The van der Waals surface area contributed by atoms with Gasteiger partial charge in [-0.25, -0.2) is 8.42 Å². The zero-order valence-electron chi connectivity index (χ0n) is 16.8. The SMILES string of the molecule is COc1cc(NC(=O)c2ccc(S(=O)(=O)N3CCC(C)CC3)cc2)cc(OC)c1. The van der Waals surface area contributed by atoms with Crippen molar-refractivity contribution in [3.05, 3.63) is 48.0 Å². The van der Waals surface area contributed by atoms with E-state index < -0.39 is 10.0 Å². The number of piperidine rings is 1. The summed E-state index contributed by atoms with van der Waals surface area (Å²) in [5, 5.41) is 2.78. The molecule has 0 radical (unpaired) electrons. The van der Waals surface area contributed by atoms with Crippen LogP contribution in [0.15, 0.2) is 47.4 Å². The standard InChI is InChI=1S/C21H26N2O5S/c1-15-8-10-23(11-9-15)29(25,26)20-6-4-16(5-7-20)21(24)22-17-12-18(27-2)14-19(13-17)28-3/h4-7,12-15H,8-11H2,1-3H3,(H,22,24). The topological polar surface area (TPSA) is 84.9 Å². The summed E-state index contributed by atoms with van der Waals surface area (Å²) in [6.07, 6.45) is 1.73. The van der Waals surface area contributed by atoms with Crippen LogP contribution >= 0.6 is 0 Å². The third kappa shape index (κ3) is 4.89. The monoisotopic (exact) mass is 418 g/mol. The molecule has 1 amide bonds. The van der Waals surface area contributed by atoms with Gasteiger partial charge in [-0.15, -0.1) is 0 Å². The highest BCUT2D eigenvalue weighted by Crippen LogP contribution is 2.27. The Bertz CT molecular complexity index is 943. The molecule has 1 aliphatic rings. The summed E-state index contributed by atoms with van der Waals surface area (Å²) < 4.78 is 37.5. The number of ether oxygens (including phenoxy) is 2. The first-order valence-electron chi connectivity index (χ1n) is 9.48. The molecule has 1 fully saturated rings. The lowest BCUT2D eigenvalue weighted by atomic mass is 10.0. The summed E-state index contributed by atoms with van der Waals surface area (Å²) in [6.45, 7) is 3.20. The first kappa shape index (κ1) is 21.1. The summed E-state index contributed by atoms with van der Waals surface area (Å²) in [5.74, 6) is 1.30. The highest BCUT2D eigenvalue weighted by atomic mass is 32.2. The minimum atomic E-state index is -3.54. The van der Waals surface area contributed by atoms with Crippen molar-refractivity contribution in [2.45, 2.75) is 24.7 Å². The lowest BCUT2D eigenvalue weighted by molar-refractivity contribution is 0.102. The maximum absolute atomic E-state index is 12.8. The second-order valence-corrected chi connectivity index (χ2v) is 9.10. The quantitative estimate of drug-likeness (QED) is 0.777. The molecule has 7 nitrogen and oxygen atoms in total. The number of hydrogen-bond donors (Lipinski definition) is 1. The molecule has 156 valence electrons. The van der Waals surface area contributed by atoms with Gasteiger partial charge in [0, 0.05) is 42.5 Å². The van der Waals surface area contributed by atoms with E-state index in [-0.39, 0.29) is 10.8 Å². The molecule has 1 heterocycles. The van der Waals surface area contributed by atoms with Gasteiger partial charge in [0.25, 0.3) is 5.91 Å². The predicted molar refractivity (Wildman–Crippen MR) is 111 cm³/mol. The minimum absolute atomic E-state index is 0.201. The van der Waals surface area contributed by atoms with E-state index in [0.29, 0.717) is 41.8 Å². The maximum atomic E-state index is 12.8. The Morgan fingerprint density at radius 1 is 1.00 bits per heavy atom. The van der Waals surface area contributed by atoms with Crippen molar-refractivity contribution in [1.82, 2.24) is 4.31 Å². The molecule has 1 saturated heterocycles. The van der Waals surface area contributed by atoms with Gasteiger partial charge in [0.1, 0.15) is 11.5 Å². The first-order chi connectivity index (χ1) is 13.8. The van der Waals surface area contributed by atoms with Crippen molar-refractivity contribution < 1.29 is 22.7 Å². The molecule has 1 N–H and O–H groups in total. The number of carbonyl (C=O) groups excluding carboxylic acids is 1. The molecule has 29 heavy (non-hydrogen) atoms. The van der Waals surface area contributed by atoms with Gasteiger partial charge in [-0.3, -0.25) is 4.79 Å². The maximum Gasteiger partial charge on any atom is 0.255 e. The highest BCUT2D eigenvalue weighted by Gasteiger charge is 2.28. The Morgan fingerprint density at radius 3 is 2.07 bits per heavy atom. The van der Waals surface area contributed by atoms with Crippen LogP contribution < -0.4 is 14.8 Å². The molecule has 0 bridgehead atoms. The molecule has 8 heteroatoms. The third-order valence-corrected chi connectivity index (χ3v) is 7.02. The molecule has 2 aromatic carbocycles. The number of benzene rings is 2. The largest absolute Gasteiger partial charge is 0.497 e. The number of sulfonamides is 1. The molecule has 0 saturated carbocycles. The normalized spacial score (nSPS) is 15.7. The summed E-state index contributed by atoms with van der Waals surface area (Å²) >= 11 is 0. The minimum Gasteiger partial charge on any atom is -0.497 e. The van der Waals surface area contributed by atoms with Gasteiger partial charge in [0.15, 0.2) is 0 Å². The zero-order valence-corrected chi connectivity index (χ0v) is 17.7. The van der Waals surface area contributed by atoms with E-state index in [4.69, 9.17) is 9.47 Å². The Labute approximate surface area is 171 Å². The number of carbonyl (C=O) groups is 1. The fourth-order valence-corrected chi connectivity index (χ4v) is 4.71. The third-order valence-electron chi connectivity index (χ3n) is 5.11. The summed E-state index contributed by atoms with van der Waals surface area (Å²) in [7, 11) is -0.476. The summed E-state index contributed by atoms with van der Waals surface area (Å²) in [4.78, 5) is 12.8. The lowest BCUT2D eigenvalue weighted by Gasteiger charge is -2.29. The van der Waals surface area contributed by atoms with Crippen LogP contribution in [0.4, 0.5) is 5.69 Å². The average Bonchev–Trinajstić information content (AvgIpc) is 2.73. The molecule has 0 unspecified atom stereocenters. The molecule has 0 atom stereocenters. The molecule has 2 aromatic rings. The van der Waals surface area contributed by atoms with Crippen molar-refractivity contribution in [3.8, 4) is 11.5 Å². The van der Waals surface area contributed by atoms with E-state index in [9.17, 15) is 13.2 Å². The van der Waals surface area contributed by atoms with Crippen molar-refractivity contribution >= 4 is 21.6 Å². The van der Waals surface area contributed by atoms with E-state index >= 15 is 0 Å². The van der Waals surface area contributed by atoms with Gasteiger partial charge < -0.3 is 14.8 Å². The van der Waals surface area contributed by atoms with Gasteiger partial charge in [-0.2, -0.15) is 4.31 Å². The van der Waals surface area contributed by atoms with Gasteiger partial charge >= 0.3 is 0 Å². The smallest absolute Gasteiger partial charge is 0.255 e. The molecular weight excluding hydrogens is 392 g/mol. The van der Waals surface area contributed by atoms with Crippen molar-refractivity contribution in [2.75, 3.05) is 32.6 Å². The number of amides is 1. The second kappa shape index (κ2) is 8.84. The molecular formula is C21H26N2O5S. The lowest BCUT2D eigenvalue weighted by Crippen LogP contribution is -2.37. The number of methoxy groups -OCH3 is 2. The fourth-order valence-electron chi connectivity index (χ4n) is 3.24. The van der Waals surface area contributed by atoms with E-state index in [1.54, 1.807) is 18.2 Å². The number of hydrogen-bond acceptors (Lipinski definition) is 5. The Kier molecular flexibility index (Phi) is 6.44. The number of rotatable bonds is 6. The zero-order chi connectivity index (χ0) is 21.0. The molecule has 0 aliphatic carbocycles. The van der Waals surface area contributed by atoms with E-state index in [1.165, 1.54) is 42.8 Å².